The molecule has 2 aromatic carbocycles. The summed E-state index contributed by atoms with van der Waals surface area (Å²) >= 11 is 1.55. The first kappa shape index (κ1) is 21.9. The van der Waals surface area contributed by atoms with E-state index in [1.807, 2.05) is 61.5 Å². The van der Waals surface area contributed by atoms with Gasteiger partial charge in [-0.05, 0) is 37.1 Å². The number of esters is 1. The molecule has 1 unspecified atom stereocenters. The Morgan fingerprint density at radius 1 is 1.10 bits per heavy atom. The first-order valence-corrected chi connectivity index (χ1v) is 10.9. The summed E-state index contributed by atoms with van der Waals surface area (Å²) < 4.78 is 5.24. The Bertz CT molecular complexity index is 888. The lowest BCUT2D eigenvalue weighted by Crippen LogP contribution is -2.42. The summed E-state index contributed by atoms with van der Waals surface area (Å²) in [6.45, 7) is 2.50. The van der Waals surface area contributed by atoms with Crippen LogP contribution in [0, 0.1) is 5.92 Å². The van der Waals surface area contributed by atoms with Crippen molar-refractivity contribution in [2.75, 3.05) is 25.0 Å². The van der Waals surface area contributed by atoms with Gasteiger partial charge in [-0.2, -0.15) is 0 Å². The Kier molecular flexibility index (Phi) is 7.90. The Morgan fingerprint density at radius 3 is 2.60 bits per heavy atom. The number of likely N-dealkylation sites (tertiary alicyclic amines) is 1. The zero-order chi connectivity index (χ0) is 21.3. The molecule has 158 valence electrons. The highest BCUT2D eigenvalue weighted by molar-refractivity contribution is 7.99. The van der Waals surface area contributed by atoms with Crippen molar-refractivity contribution in [1.29, 1.82) is 0 Å². The summed E-state index contributed by atoms with van der Waals surface area (Å²) in [6, 6.07) is 17.4. The molecule has 2 amide bonds. The number of anilines is 1. The molecule has 1 saturated heterocycles. The van der Waals surface area contributed by atoms with Crippen LogP contribution in [0.4, 0.5) is 5.69 Å². The second-order valence-electron chi connectivity index (χ2n) is 7.10. The molecular weight excluding hydrogens is 400 g/mol. The fourth-order valence-corrected chi connectivity index (χ4v) is 4.26. The number of piperidine rings is 1. The SMILES string of the molecule is CCC(=O)N1CCCC(C(=O)OCC(=O)Nc2ccccc2Sc2ccccc2)C1. The third-order valence-corrected chi connectivity index (χ3v) is 5.97. The average Bonchev–Trinajstić information content (AvgIpc) is 2.79. The van der Waals surface area contributed by atoms with Crippen LogP contribution in [0.3, 0.4) is 0 Å². The van der Waals surface area contributed by atoms with E-state index in [4.69, 9.17) is 4.74 Å². The summed E-state index contributed by atoms with van der Waals surface area (Å²) in [5.74, 6) is -1.15. The summed E-state index contributed by atoms with van der Waals surface area (Å²) in [5, 5.41) is 2.82. The topological polar surface area (TPSA) is 75.7 Å². The molecule has 3 rings (SSSR count). The van der Waals surface area contributed by atoms with E-state index in [9.17, 15) is 14.4 Å². The standard InChI is InChI=1S/C23H26N2O4S/c1-2-22(27)25-14-8-9-17(15-25)23(28)29-16-21(26)24-19-12-6-7-13-20(19)30-18-10-4-3-5-11-18/h3-7,10-13,17H,2,8-9,14-16H2,1H3,(H,24,26). The number of rotatable bonds is 7. The van der Waals surface area contributed by atoms with Crippen molar-refractivity contribution in [3.63, 3.8) is 0 Å². The predicted octanol–water partition coefficient (Wildman–Crippen LogP) is 3.97. The van der Waals surface area contributed by atoms with Gasteiger partial charge in [0, 0.05) is 29.3 Å². The minimum Gasteiger partial charge on any atom is -0.455 e. The third-order valence-electron chi connectivity index (χ3n) is 4.89. The maximum atomic E-state index is 12.4. The second-order valence-corrected chi connectivity index (χ2v) is 8.21. The zero-order valence-electron chi connectivity index (χ0n) is 17.0. The number of benzene rings is 2. The average molecular weight is 427 g/mol. The maximum absolute atomic E-state index is 12.4. The summed E-state index contributed by atoms with van der Waals surface area (Å²) in [5.41, 5.74) is 0.671. The fourth-order valence-electron chi connectivity index (χ4n) is 3.33. The Hall–Kier alpha value is -2.80. The molecule has 1 atom stereocenters. The van der Waals surface area contributed by atoms with Crippen LogP contribution in [0.1, 0.15) is 26.2 Å². The second kappa shape index (κ2) is 10.8. The zero-order valence-corrected chi connectivity index (χ0v) is 17.8. The van der Waals surface area contributed by atoms with E-state index in [1.54, 1.807) is 16.7 Å². The monoisotopic (exact) mass is 426 g/mol. The number of carbonyl (C=O) groups excluding carboxylic acids is 3. The summed E-state index contributed by atoms with van der Waals surface area (Å²) in [6.07, 6.45) is 1.86. The molecule has 0 aromatic heterocycles. The van der Waals surface area contributed by atoms with Gasteiger partial charge in [0.1, 0.15) is 0 Å². The third kappa shape index (κ3) is 6.10. The van der Waals surface area contributed by atoms with Gasteiger partial charge in [-0.15, -0.1) is 0 Å². The van der Waals surface area contributed by atoms with Crippen LogP contribution in [-0.2, 0) is 19.1 Å². The van der Waals surface area contributed by atoms with Gasteiger partial charge in [0.2, 0.25) is 5.91 Å². The molecule has 30 heavy (non-hydrogen) atoms. The number of carbonyl (C=O) groups is 3. The molecule has 1 N–H and O–H groups in total. The van der Waals surface area contributed by atoms with E-state index in [-0.39, 0.29) is 24.3 Å². The van der Waals surface area contributed by atoms with Crippen molar-refractivity contribution in [2.45, 2.75) is 36.0 Å². The number of amides is 2. The number of hydrogen-bond donors (Lipinski definition) is 1. The molecular formula is C23H26N2O4S. The normalized spacial score (nSPS) is 16.0. The highest BCUT2D eigenvalue weighted by atomic mass is 32.2. The number of nitrogens with one attached hydrogen (secondary N) is 1. The van der Waals surface area contributed by atoms with Crippen LogP contribution in [0.25, 0.3) is 0 Å². The highest BCUT2D eigenvalue weighted by Crippen LogP contribution is 2.33. The first-order valence-electron chi connectivity index (χ1n) is 10.1. The van der Waals surface area contributed by atoms with E-state index in [0.717, 1.165) is 16.2 Å². The molecule has 2 aromatic rings. The van der Waals surface area contributed by atoms with Gasteiger partial charge in [-0.3, -0.25) is 14.4 Å². The predicted molar refractivity (Wildman–Crippen MR) is 116 cm³/mol. The Balaban J connectivity index is 1.52. The largest absolute Gasteiger partial charge is 0.455 e. The quantitative estimate of drug-likeness (QED) is 0.678. The van der Waals surface area contributed by atoms with Crippen molar-refractivity contribution in [1.82, 2.24) is 4.90 Å². The maximum Gasteiger partial charge on any atom is 0.311 e. The lowest BCUT2D eigenvalue weighted by molar-refractivity contribution is -0.154. The van der Waals surface area contributed by atoms with Crippen LogP contribution in [0.2, 0.25) is 0 Å². The van der Waals surface area contributed by atoms with Crippen LogP contribution in [0.5, 0.6) is 0 Å². The highest BCUT2D eigenvalue weighted by Gasteiger charge is 2.29. The van der Waals surface area contributed by atoms with Crippen LogP contribution >= 0.6 is 11.8 Å². The number of nitrogens with zero attached hydrogens (tertiary/aromatic N) is 1. The Labute approximate surface area is 181 Å². The smallest absolute Gasteiger partial charge is 0.311 e. The number of para-hydroxylation sites is 1. The molecule has 0 saturated carbocycles. The van der Waals surface area contributed by atoms with Crippen molar-refractivity contribution in [3.05, 3.63) is 54.6 Å². The minimum absolute atomic E-state index is 0.0396. The van der Waals surface area contributed by atoms with Crippen LogP contribution in [0.15, 0.2) is 64.4 Å². The summed E-state index contributed by atoms with van der Waals surface area (Å²) in [4.78, 5) is 40.3. The van der Waals surface area contributed by atoms with Gasteiger partial charge in [0.15, 0.2) is 6.61 Å². The first-order chi connectivity index (χ1) is 14.6. The molecule has 7 heteroatoms. The minimum atomic E-state index is -0.425. The van der Waals surface area contributed by atoms with Crippen molar-refractivity contribution >= 4 is 35.2 Å². The van der Waals surface area contributed by atoms with E-state index in [1.165, 1.54) is 0 Å². The molecule has 0 radical (unpaired) electrons. The van der Waals surface area contributed by atoms with Crippen LogP contribution < -0.4 is 5.32 Å². The van der Waals surface area contributed by atoms with Gasteiger partial charge in [-0.25, -0.2) is 0 Å². The van der Waals surface area contributed by atoms with Gasteiger partial charge in [-0.1, -0.05) is 49.0 Å². The van der Waals surface area contributed by atoms with Crippen LogP contribution in [-0.4, -0.2) is 42.4 Å². The van der Waals surface area contributed by atoms with Gasteiger partial charge in [0.05, 0.1) is 11.6 Å². The van der Waals surface area contributed by atoms with E-state index >= 15 is 0 Å². The van der Waals surface area contributed by atoms with Crippen molar-refractivity contribution in [2.24, 2.45) is 5.92 Å². The molecule has 0 bridgehead atoms. The molecule has 1 fully saturated rings. The Morgan fingerprint density at radius 2 is 1.83 bits per heavy atom. The van der Waals surface area contributed by atoms with Crippen molar-refractivity contribution < 1.29 is 19.1 Å². The van der Waals surface area contributed by atoms with E-state index in [2.05, 4.69) is 5.32 Å². The number of ether oxygens (including phenoxy) is 1. The summed E-state index contributed by atoms with van der Waals surface area (Å²) in [7, 11) is 0. The number of hydrogen-bond acceptors (Lipinski definition) is 5. The van der Waals surface area contributed by atoms with E-state index < -0.39 is 5.97 Å². The molecule has 1 heterocycles. The van der Waals surface area contributed by atoms with Gasteiger partial charge >= 0.3 is 5.97 Å². The van der Waals surface area contributed by atoms with Crippen molar-refractivity contribution in [3.8, 4) is 0 Å². The molecule has 1 aliphatic rings. The van der Waals surface area contributed by atoms with E-state index in [0.29, 0.717) is 31.6 Å². The fraction of sp³-hybridized carbons (Fsp3) is 0.348. The van der Waals surface area contributed by atoms with Gasteiger partial charge < -0.3 is 15.0 Å². The molecule has 0 aliphatic carbocycles. The lowest BCUT2D eigenvalue weighted by Gasteiger charge is -2.31. The molecule has 0 spiro atoms. The molecule has 1 aliphatic heterocycles. The lowest BCUT2D eigenvalue weighted by atomic mass is 9.98. The molecule has 6 nitrogen and oxygen atoms in total. The van der Waals surface area contributed by atoms with Gasteiger partial charge in [0.25, 0.3) is 5.91 Å².